The maximum atomic E-state index is 11.5. The summed E-state index contributed by atoms with van der Waals surface area (Å²) in [7, 11) is -0.658. The highest BCUT2D eigenvalue weighted by molar-refractivity contribution is 7.30. The fourth-order valence-electron chi connectivity index (χ4n) is 1.96. The molecular formula is C15H12O5P-. The Balaban J connectivity index is 2.30. The summed E-state index contributed by atoms with van der Waals surface area (Å²) < 4.78 is 0. The molecule has 0 aromatic heterocycles. The molecule has 2 aromatic rings. The Morgan fingerprint density at radius 3 is 1.38 bits per heavy atom. The second kappa shape index (κ2) is 6.48. The van der Waals surface area contributed by atoms with Crippen LogP contribution in [0.4, 0.5) is 0 Å². The highest BCUT2D eigenvalue weighted by atomic mass is 31.1. The summed E-state index contributed by atoms with van der Waals surface area (Å²) in [5, 5.41) is 17.7. The fourth-order valence-corrected chi connectivity index (χ4v) is 2.62. The second-order valence-corrected chi connectivity index (χ2v) is 5.22. The molecule has 21 heavy (non-hydrogen) atoms. The number of carboxylic acid groups (broad SMARTS) is 2. The Morgan fingerprint density at radius 2 is 1.14 bits per heavy atom. The van der Waals surface area contributed by atoms with E-state index in [9.17, 15) is 14.5 Å². The van der Waals surface area contributed by atoms with Crippen molar-refractivity contribution in [3.05, 3.63) is 70.8 Å². The smallest absolute Gasteiger partial charge is 0.335 e. The van der Waals surface area contributed by atoms with E-state index in [1.165, 1.54) is 24.3 Å². The summed E-state index contributed by atoms with van der Waals surface area (Å²) in [6.07, 6.45) is 0. The van der Waals surface area contributed by atoms with Gasteiger partial charge in [-0.15, -0.1) is 0 Å². The van der Waals surface area contributed by atoms with Gasteiger partial charge in [-0.3, -0.25) is 0 Å². The van der Waals surface area contributed by atoms with E-state index in [4.69, 9.17) is 10.2 Å². The van der Waals surface area contributed by atoms with Crippen LogP contribution in [0.5, 0.6) is 0 Å². The van der Waals surface area contributed by atoms with Gasteiger partial charge in [0.1, 0.15) is 0 Å². The third kappa shape index (κ3) is 3.45. The minimum Gasteiger partial charge on any atom is -0.831 e. The van der Waals surface area contributed by atoms with E-state index in [1.54, 1.807) is 24.3 Å². The van der Waals surface area contributed by atoms with Crippen LogP contribution in [0.1, 0.15) is 37.5 Å². The van der Waals surface area contributed by atoms with Crippen molar-refractivity contribution in [2.24, 2.45) is 0 Å². The molecule has 2 N–H and O–H groups in total. The first-order chi connectivity index (χ1) is 10.0. The van der Waals surface area contributed by atoms with Crippen molar-refractivity contribution in [1.82, 2.24) is 0 Å². The number of carbonyl (C=O) groups is 2. The highest BCUT2D eigenvalue weighted by Crippen LogP contribution is 2.35. The molecule has 0 fully saturated rings. The van der Waals surface area contributed by atoms with Crippen LogP contribution in [0.3, 0.4) is 0 Å². The van der Waals surface area contributed by atoms with Crippen LogP contribution in [0, 0.1) is 0 Å². The molecule has 2 aromatic carbocycles. The standard InChI is InChI=1S/C15H12O5P/c16-14(17)11-5-1-9(2-6-11)13(21-20)10-3-7-12(8-4-10)15(18)19/h1-8,13,21H,(H,16,17)(H,18,19)/q-1. The van der Waals surface area contributed by atoms with Gasteiger partial charge in [0.25, 0.3) is 0 Å². The average molecular weight is 303 g/mol. The summed E-state index contributed by atoms with van der Waals surface area (Å²) in [5.74, 6) is -2.04. The van der Waals surface area contributed by atoms with Crippen LogP contribution in [-0.2, 0) is 0 Å². The van der Waals surface area contributed by atoms with Crippen LogP contribution in [0.15, 0.2) is 48.5 Å². The lowest BCUT2D eigenvalue weighted by molar-refractivity contribution is -0.151. The van der Waals surface area contributed by atoms with E-state index in [0.29, 0.717) is 0 Å². The van der Waals surface area contributed by atoms with Gasteiger partial charge in [-0.25, -0.2) is 18.4 Å². The predicted molar refractivity (Wildman–Crippen MR) is 77.0 cm³/mol. The van der Waals surface area contributed by atoms with Gasteiger partial charge in [0.2, 0.25) is 0 Å². The van der Waals surface area contributed by atoms with Crippen molar-refractivity contribution in [2.75, 3.05) is 0 Å². The summed E-state index contributed by atoms with van der Waals surface area (Å²) in [5.41, 5.74) is 1.35. The zero-order chi connectivity index (χ0) is 15.4. The van der Waals surface area contributed by atoms with Gasteiger partial charge in [0, 0.05) is 5.66 Å². The average Bonchev–Trinajstić information content (AvgIpc) is 2.49. The number of rotatable bonds is 5. The Morgan fingerprint density at radius 1 is 0.810 bits per heavy atom. The lowest BCUT2D eigenvalue weighted by Gasteiger charge is -2.21. The molecule has 6 heteroatoms. The minimum absolute atomic E-state index is 0.160. The Kier molecular flexibility index (Phi) is 4.68. The first kappa shape index (κ1) is 15.2. The molecule has 108 valence electrons. The molecule has 0 saturated carbocycles. The van der Waals surface area contributed by atoms with Crippen molar-refractivity contribution in [3.8, 4) is 0 Å². The third-order valence-electron chi connectivity index (χ3n) is 3.10. The summed E-state index contributed by atoms with van der Waals surface area (Å²) in [6.45, 7) is 0. The summed E-state index contributed by atoms with van der Waals surface area (Å²) >= 11 is 0. The van der Waals surface area contributed by atoms with Crippen molar-refractivity contribution >= 4 is 20.7 Å². The van der Waals surface area contributed by atoms with Crippen LogP contribution < -0.4 is 4.89 Å². The second-order valence-electron chi connectivity index (χ2n) is 4.41. The van der Waals surface area contributed by atoms with Crippen molar-refractivity contribution in [1.29, 1.82) is 0 Å². The maximum Gasteiger partial charge on any atom is 0.335 e. The molecule has 5 nitrogen and oxygen atoms in total. The molecular weight excluding hydrogens is 291 g/mol. The van der Waals surface area contributed by atoms with Gasteiger partial charge in [0.15, 0.2) is 0 Å². The van der Waals surface area contributed by atoms with Gasteiger partial charge >= 0.3 is 11.9 Å². The van der Waals surface area contributed by atoms with Gasteiger partial charge in [-0.05, 0) is 35.4 Å². The van der Waals surface area contributed by atoms with Gasteiger partial charge in [0.05, 0.1) is 11.1 Å². The quantitative estimate of drug-likeness (QED) is 0.825. The molecule has 0 heterocycles. The van der Waals surface area contributed by atoms with Crippen LogP contribution in [-0.4, -0.2) is 22.2 Å². The zero-order valence-electron chi connectivity index (χ0n) is 10.8. The van der Waals surface area contributed by atoms with E-state index in [-0.39, 0.29) is 11.1 Å². The molecule has 0 radical (unpaired) electrons. The van der Waals surface area contributed by atoms with Gasteiger partial charge in [-0.1, -0.05) is 24.3 Å². The lowest BCUT2D eigenvalue weighted by atomic mass is 10.0. The molecule has 0 bridgehead atoms. The maximum absolute atomic E-state index is 11.5. The van der Waals surface area contributed by atoms with E-state index < -0.39 is 26.4 Å². The normalized spacial score (nSPS) is 11.1. The Bertz CT molecular complexity index is 591. The highest BCUT2D eigenvalue weighted by Gasteiger charge is 2.12. The number of aromatic carboxylic acids is 2. The number of hydrogen-bond acceptors (Lipinski definition) is 3. The number of hydrogen-bond donors (Lipinski definition) is 2. The molecule has 1 atom stereocenters. The lowest BCUT2D eigenvalue weighted by Crippen LogP contribution is -2.03. The van der Waals surface area contributed by atoms with Gasteiger partial charge in [-0.2, -0.15) is 0 Å². The SMILES string of the molecule is O=C(O)c1ccc(C(P[O-])c2ccc(C(=O)O)cc2)cc1. The molecule has 1 unspecified atom stereocenters. The molecule has 0 aliphatic rings. The number of carboxylic acids is 2. The van der Waals surface area contributed by atoms with Crippen LogP contribution >= 0.6 is 8.81 Å². The molecule has 0 aliphatic carbocycles. The van der Waals surface area contributed by atoms with Crippen molar-refractivity contribution in [2.45, 2.75) is 5.66 Å². The predicted octanol–water partition coefficient (Wildman–Crippen LogP) is 2.13. The first-order valence-electron chi connectivity index (χ1n) is 6.07. The van der Waals surface area contributed by atoms with Crippen LogP contribution in [0.2, 0.25) is 0 Å². The molecule has 0 aliphatic heterocycles. The molecule has 0 saturated heterocycles. The Labute approximate surface area is 122 Å². The van der Waals surface area contributed by atoms with E-state index in [2.05, 4.69) is 0 Å². The zero-order valence-corrected chi connectivity index (χ0v) is 11.8. The first-order valence-corrected chi connectivity index (χ1v) is 7.05. The Hall–Kier alpha value is -2.23. The molecule has 0 amide bonds. The summed E-state index contributed by atoms with van der Waals surface area (Å²) in [6, 6.07) is 12.3. The van der Waals surface area contributed by atoms with Gasteiger partial charge < -0.3 is 15.1 Å². The molecule has 2 rings (SSSR count). The van der Waals surface area contributed by atoms with Crippen molar-refractivity contribution in [3.63, 3.8) is 0 Å². The monoisotopic (exact) mass is 303 g/mol. The third-order valence-corrected chi connectivity index (χ3v) is 4.00. The fraction of sp³-hybridized carbons (Fsp3) is 0.0667. The van der Waals surface area contributed by atoms with E-state index in [0.717, 1.165) is 11.1 Å². The van der Waals surface area contributed by atoms with Crippen molar-refractivity contribution < 1.29 is 24.7 Å². The molecule has 0 spiro atoms. The summed E-state index contributed by atoms with van der Waals surface area (Å²) in [4.78, 5) is 33.1. The number of benzene rings is 2. The topological polar surface area (TPSA) is 97.7 Å². The van der Waals surface area contributed by atoms with E-state index in [1.807, 2.05) is 0 Å². The minimum atomic E-state index is -1.02. The largest absolute Gasteiger partial charge is 0.831 e. The van der Waals surface area contributed by atoms with E-state index >= 15 is 0 Å². The van der Waals surface area contributed by atoms with Crippen LogP contribution in [0.25, 0.3) is 0 Å².